The number of hydrogen-bond acceptors (Lipinski definition) is 2. The van der Waals surface area contributed by atoms with Gasteiger partial charge in [-0.2, -0.15) is 0 Å². The third-order valence-electron chi connectivity index (χ3n) is 2.13. The Morgan fingerprint density at radius 2 is 2.27 bits per heavy atom. The predicted molar refractivity (Wildman–Crippen MR) is 67.8 cm³/mol. The van der Waals surface area contributed by atoms with Crippen LogP contribution in [-0.4, -0.2) is 12.6 Å². The first-order chi connectivity index (χ1) is 7.11. The summed E-state index contributed by atoms with van der Waals surface area (Å²) >= 11 is 3.29. The lowest BCUT2D eigenvalue weighted by Gasteiger charge is -2.09. The molecule has 0 amide bonds. The first-order valence-electron chi connectivity index (χ1n) is 5.30. The topological polar surface area (TPSA) is 25.2 Å². The largest absolute Gasteiger partial charge is 0.450 e. The summed E-state index contributed by atoms with van der Waals surface area (Å²) in [5, 5.41) is 3.40. The standard InChI is InChI=1S/C12H18BrNO/c1-4-10(8-14-9(2)3)7-11-5-6-12(13)15-11/h5-7,9,14H,4,8H2,1-3H3. The van der Waals surface area contributed by atoms with Crippen molar-refractivity contribution >= 4 is 22.0 Å². The Morgan fingerprint density at radius 1 is 1.53 bits per heavy atom. The van der Waals surface area contributed by atoms with E-state index < -0.39 is 0 Å². The van der Waals surface area contributed by atoms with Gasteiger partial charge >= 0.3 is 0 Å². The van der Waals surface area contributed by atoms with Gasteiger partial charge in [-0.15, -0.1) is 0 Å². The quantitative estimate of drug-likeness (QED) is 0.881. The van der Waals surface area contributed by atoms with Crippen molar-refractivity contribution in [2.24, 2.45) is 0 Å². The maximum atomic E-state index is 5.44. The van der Waals surface area contributed by atoms with E-state index >= 15 is 0 Å². The Labute approximate surface area is 99.9 Å². The third-order valence-corrected chi connectivity index (χ3v) is 2.56. The van der Waals surface area contributed by atoms with Crippen molar-refractivity contribution in [3.63, 3.8) is 0 Å². The smallest absolute Gasteiger partial charge is 0.169 e. The van der Waals surface area contributed by atoms with Gasteiger partial charge < -0.3 is 9.73 Å². The van der Waals surface area contributed by atoms with Gasteiger partial charge in [-0.1, -0.05) is 26.3 Å². The zero-order valence-electron chi connectivity index (χ0n) is 9.51. The van der Waals surface area contributed by atoms with E-state index in [-0.39, 0.29) is 0 Å². The summed E-state index contributed by atoms with van der Waals surface area (Å²) in [5.41, 5.74) is 1.35. The molecule has 0 atom stereocenters. The molecule has 0 spiro atoms. The Morgan fingerprint density at radius 3 is 2.73 bits per heavy atom. The molecule has 0 aliphatic rings. The molecule has 84 valence electrons. The van der Waals surface area contributed by atoms with E-state index in [1.807, 2.05) is 12.1 Å². The van der Waals surface area contributed by atoms with Gasteiger partial charge in [0.15, 0.2) is 4.67 Å². The van der Waals surface area contributed by atoms with Crippen LogP contribution in [0.25, 0.3) is 6.08 Å². The van der Waals surface area contributed by atoms with Gasteiger partial charge in [-0.3, -0.25) is 0 Å². The average molecular weight is 272 g/mol. The van der Waals surface area contributed by atoms with Crippen LogP contribution in [0.3, 0.4) is 0 Å². The lowest BCUT2D eigenvalue weighted by Crippen LogP contribution is -2.24. The van der Waals surface area contributed by atoms with Crippen LogP contribution in [-0.2, 0) is 0 Å². The Bertz CT molecular complexity index is 328. The van der Waals surface area contributed by atoms with Gasteiger partial charge in [-0.05, 0) is 40.6 Å². The Hall–Kier alpha value is -0.540. The Balaban J connectivity index is 2.61. The second kappa shape index (κ2) is 6.13. The second-order valence-corrected chi connectivity index (χ2v) is 4.62. The molecule has 0 aromatic carbocycles. The zero-order chi connectivity index (χ0) is 11.3. The van der Waals surface area contributed by atoms with Gasteiger partial charge in [0.2, 0.25) is 0 Å². The molecule has 1 aromatic rings. The minimum absolute atomic E-state index is 0.517. The maximum absolute atomic E-state index is 5.44. The third kappa shape index (κ3) is 4.67. The van der Waals surface area contributed by atoms with Crippen molar-refractivity contribution in [2.75, 3.05) is 6.54 Å². The molecule has 0 aliphatic heterocycles. The van der Waals surface area contributed by atoms with Crippen molar-refractivity contribution < 1.29 is 4.42 Å². The molecule has 1 rings (SSSR count). The van der Waals surface area contributed by atoms with E-state index in [4.69, 9.17) is 4.42 Å². The number of halogens is 1. The van der Waals surface area contributed by atoms with Gasteiger partial charge in [0, 0.05) is 12.6 Å². The van der Waals surface area contributed by atoms with Gasteiger partial charge in [0.05, 0.1) is 0 Å². The molecule has 0 bridgehead atoms. The number of hydrogen-bond donors (Lipinski definition) is 1. The van der Waals surface area contributed by atoms with Crippen LogP contribution in [0.15, 0.2) is 26.8 Å². The number of furan rings is 1. The van der Waals surface area contributed by atoms with E-state index in [2.05, 4.69) is 48.1 Å². The highest BCUT2D eigenvalue weighted by Gasteiger charge is 2.00. The monoisotopic (exact) mass is 271 g/mol. The summed E-state index contributed by atoms with van der Waals surface area (Å²) in [6.07, 6.45) is 3.14. The molecule has 2 nitrogen and oxygen atoms in total. The molecule has 0 saturated carbocycles. The highest BCUT2D eigenvalue weighted by molar-refractivity contribution is 9.10. The zero-order valence-corrected chi connectivity index (χ0v) is 11.1. The summed E-state index contributed by atoms with van der Waals surface area (Å²) in [4.78, 5) is 0. The fourth-order valence-electron chi connectivity index (χ4n) is 1.22. The average Bonchev–Trinajstić information content (AvgIpc) is 2.58. The van der Waals surface area contributed by atoms with E-state index in [0.717, 1.165) is 23.4 Å². The predicted octanol–water partition coefficient (Wildman–Crippen LogP) is 3.83. The summed E-state index contributed by atoms with van der Waals surface area (Å²) < 4.78 is 6.21. The van der Waals surface area contributed by atoms with Crippen LogP contribution in [0, 0.1) is 0 Å². The van der Waals surface area contributed by atoms with Crippen LogP contribution in [0.2, 0.25) is 0 Å². The van der Waals surface area contributed by atoms with E-state index in [0.29, 0.717) is 6.04 Å². The molecule has 1 heterocycles. The number of rotatable bonds is 5. The highest BCUT2D eigenvalue weighted by Crippen LogP contribution is 2.17. The maximum Gasteiger partial charge on any atom is 0.169 e. The van der Waals surface area contributed by atoms with Crippen LogP contribution in [0.1, 0.15) is 33.0 Å². The van der Waals surface area contributed by atoms with Gasteiger partial charge in [-0.25, -0.2) is 0 Å². The lowest BCUT2D eigenvalue weighted by atomic mass is 10.1. The first kappa shape index (κ1) is 12.5. The Kier molecular flexibility index (Phi) is 5.12. The van der Waals surface area contributed by atoms with Crippen molar-refractivity contribution in [2.45, 2.75) is 33.2 Å². The number of nitrogens with one attached hydrogen (secondary N) is 1. The van der Waals surface area contributed by atoms with Crippen molar-refractivity contribution in [3.05, 3.63) is 28.1 Å². The van der Waals surface area contributed by atoms with Crippen LogP contribution < -0.4 is 5.32 Å². The summed E-state index contributed by atoms with van der Waals surface area (Å²) in [7, 11) is 0. The first-order valence-corrected chi connectivity index (χ1v) is 6.09. The van der Waals surface area contributed by atoms with E-state index in [1.165, 1.54) is 5.57 Å². The molecular weight excluding hydrogens is 254 g/mol. The SMILES string of the molecule is CCC(=Cc1ccc(Br)o1)CNC(C)C. The van der Waals surface area contributed by atoms with Gasteiger partial charge in [0.1, 0.15) is 5.76 Å². The van der Waals surface area contributed by atoms with E-state index in [1.54, 1.807) is 0 Å². The van der Waals surface area contributed by atoms with Crippen LogP contribution in [0.4, 0.5) is 0 Å². The molecule has 1 N–H and O–H groups in total. The second-order valence-electron chi connectivity index (χ2n) is 3.83. The van der Waals surface area contributed by atoms with Crippen molar-refractivity contribution in [1.29, 1.82) is 0 Å². The van der Waals surface area contributed by atoms with Gasteiger partial charge in [0.25, 0.3) is 0 Å². The van der Waals surface area contributed by atoms with Crippen molar-refractivity contribution in [3.8, 4) is 0 Å². The van der Waals surface area contributed by atoms with Crippen molar-refractivity contribution in [1.82, 2.24) is 5.32 Å². The lowest BCUT2D eigenvalue weighted by molar-refractivity contribution is 0.530. The molecule has 0 aliphatic carbocycles. The molecule has 1 aromatic heterocycles. The van der Waals surface area contributed by atoms with Crippen LogP contribution in [0.5, 0.6) is 0 Å². The molecule has 0 radical (unpaired) electrons. The minimum Gasteiger partial charge on any atom is -0.450 e. The summed E-state index contributed by atoms with van der Waals surface area (Å²) in [6.45, 7) is 7.38. The summed E-state index contributed by atoms with van der Waals surface area (Å²) in [6, 6.07) is 4.40. The summed E-state index contributed by atoms with van der Waals surface area (Å²) in [5.74, 6) is 0.907. The molecule has 15 heavy (non-hydrogen) atoms. The molecule has 3 heteroatoms. The highest BCUT2D eigenvalue weighted by atomic mass is 79.9. The molecular formula is C12H18BrNO. The minimum atomic E-state index is 0.517. The molecule has 0 fully saturated rings. The fourth-order valence-corrected chi connectivity index (χ4v) is 1.54. The van der Waals surface area contributed by atoms with E-state index in [9.17, 15) is 0 Å². The molecule has 0 unspecified atom stereocenters. The van der Waals surface area contributed by atoms with Crippen LogP contribution >= 0.6 is 15.9 Å². The molecule has 0 saturated heterocycles. The normalized spacial score (nSPS) is 12.5. The fraction of sp³-hybridized carbons (Fsp3) is 0.500.